The van der Waals surface area contributed by atoms with Crippen LogP contribution in [0.4, 0.5) is 0 Å². The zero-order valence-corrected chi connectivity index (χ0v) is 25.6. The monoisotopic (exact) mass is 547 g/mol. The van der Waals surface area contributed by atoms with Crippen LogP contribution in [0.15, 0.2) is 29.9 Å². The molecule has 5 aliphatic carbocycles. The van der Waals surface area contributed by atoms with Gasteiger partial charge in [-0.1, -0.05) is 48.5 Å². The van der Waals surface area contributed by atoms with Crippen molar-refractivity contribution in [2.45, 2.75) is 118 Å². The number of aliphatic hydroxyl groups excluding tert-OH is 1. The Morgan fingerprint density at radius 2 is 1.62 bits per heavy atom. The molecule has 218 valence electrons. The van der Waals surface area contributed by atoms with E-state index in [4.69, 9.17) is 0 Å². The maximum Gasteiger partial charge on any atom is 0.255 e. The van der Waals surface area contributed by atoms with Crippen molar-refractivity contribution < 1.29 is 14.7 Å². The van der Waals surface area contributed by atoms with Crippen LogP contribution in [0.1, 0.15) is 117 Å². The van der Waals surface area contributed by atoms with Gasteiger partial charge in [0, 0.05) is 18.8 Å². The van der Waals surface area contributed by atoms with Gasteiger partial charge >= 0.3 is 0 Å². The van der Waals surface area contributed by atoms with Gasteiger partial charge < -0.3 is 10.4 Å². The molecule has 4 saturated carbocycles. The lowest BCUT2D eigenvalue weighted by atomic mass is 9.33. The normalized spacial score (nSPS) is 44.0. The molecule has 6 nitrogen and oxygen atoms in total. The second kappa shape index (κ2) is 8.96. The van der Waals surface area contributed by atoms with E-state index in [9.17, 15) is 14.7 Å². The molecular weight excluding hydrogens is 498 g/mol. The lowest BCUT2D eigenvalue weighted by molar-refractivity contribution is -0.226. The predicted molar refractivity (Wildman–Crippen MR) is 155 cm³/mol. The van der Waals surface area contributed by atoms with Gasteiger partial charge in [-0.3, -0.25) is 9.59 Å². The van der Waals surface area contributed by atoms with Gasteiger partial charge in [-0.05, 0) is 108 Å². The molecule has 0 spiro atoms. The largest absolute Gasteiger partial charge is 0.393 e. The summed E-state index contributed by atoms with van der Waals surface area (Å²) in [5, 5.41) is 14.4. The third-order valence-electron chi connectivity index (χ3n) is 13.6. The molecule has 4 fully saturated rings. The molecule has 0 aliphatic heterocycles. The van der Waals surface area contributed by atoms with E-state index >= 15 is 0 Å². The van der Waals surface area contributed by atoms with Crippen LogP contribution in [0, 0.1) is 45.3 Å². The first-order valence-electron chi connectivity index (χ1n) is 15.7. The molecule has 2 N–H and O–H groups in total. The quantitative estimate of drug-likeness (QED) is 0.463. The summed E-state index contributed by atoms with van der Waals surface area (Å²) in [6.45, 7) is 16.5. The van der Waals surface area contributed by atoms with Crippen molar-refractivity contribution in [3.05, 3.63) is 35.4 Å². The number of allylic oxidation sites excluding steroid dienone is 1. The topological polar surface area (TPSA) is 92.2 Å². The molecule has 3 unspecified atom stereocenters. The van der Waals surface area contributed by atoms with Crippen LogP contribution >= 0.6 is 0 Å². The highest BCUT2D eigenvalue weighted by Crippen LogP contribution is 2.75. The minimum Gasteiger partial charge on any atom is -0.393 e. The second-order valence-electron chi connectivity index (χ2n) is 15.7. The Bertz CT molecular complexity index is 1260. The number of carbonyl (C=O) groups is 2. The maximum absolute atomic E-state index is 13.7. The van der Waals surface area contributed by atoms with Gasteiger partial charge in [-0.2, -0.15) is 0 Å². The number of rotatable bonds is 3. The summed E-state index contributed by atoms with van der Waals surface area (Å²) in [5.74, 6) is 1.55. The van der Waals surface area contributed by atoms with E-state index in [1.165, 1.54) is 18.3 Å². The first kappa shape index (κ1) is 28.1. The molecule has 6 rings (SSSR count). The summed E-state index contributed by atoms with van der Waals surface area (Å²) in [5.41, 5.74) is 2.39. The van der Waals surface area contributed by atoms with Crippen molar-refractivity contribution >= 4 is 11.7 Å². The number of amides is 1. The molecule has 1 heterocycles. The number of carbonyl (C=O) groups excluding carboxylic acids is 2. The average Bonchev–Trinajstić information content (AvgIpc) is 3.19. The van der Waals surface area contributed by atoms with Crippen LogP contribution in [0.2, 0.25) is 0 Å². The lowest BCUT2D eigenvalue weighted by Gasteiger charge is -2.72. The summed E-state index contributed by atoms with van der Waals surface area (Å²) in [6, 6.07) is 0. The summed E-state index contributed by atoms with van der Waals surface area (Å²) in [6.07, 6.45) is 13.0. The molecule has 0 aromatic carbocycles. The van der Waals surface area contributed by atoms with E-state index in [-0.39, 0.29) is 51.3 Å². The third-order valence-corrected chi connectivity index (χ3v) is 13.6. The predicted octanol–water partition coefficient (Wildman–Crippen LogP) is 6.30. The fourth-order valence-electron chi connectivity index (χ4n) is 11.4. The number of nitrogens with one attached hydrogen (secondary N) is 1. The van der Waals surface area contributed by atoms with Gasteiger partial charge in [-0.25, -0.2) is 9.97 Å². The van der Waals surface area contributed by atoms with Crippen LogP contribution < -0.4 is 5.32 Å². The number of hydrogen-bond acceptors (Lipinski definition) is 5. The maximum atomic E-state index is 13.7. The molecule has 0 bridgehead atoms. The summed E-state index contributed by atoms with van der Waals surface area (Å²) < 4.78 is 0. The molecule has 40 heavy (non-hydrogen) atoms. The van der Waals surface area contributed by atoms with Gasteiger partial charge in [0.2, 0.25) is 0 Å². The number of fused-ring (bicyclic) bond motifs is 7. The van der Waals surface area contributed by atoms with Crippen LogP contribution in [-0.4, -0.2) is 38.4 Å². The molecule has 1 aromatic heterocycles. The summed E-state index contributed by atoms with van der Waals surface area (Å²) >= 11 is 0. The zero-order valence-electron chi connectivity index (χ0n) is 25.6. The molecule has 5 aliphatic rings. The number of ketones is 1. The highest BCUT2D eigenvalue weighted by atomic mass is 16.3. The molecule has 6 heteroatoms. The number of nitrogens with zero attached hydrogens (tertiary/aromatic N) is 2. The van der Waals surface area contributed by atoms with Crippen LogP contribution in [0.25, 0.3) is 0 Å². The van der Waals surface area contributed by atoms with E-state index < -0.39 is 5.54 Å². The Kier molecular flexibility index (Phi) is 6.28. The Morgan fingerprint density at radius 1 is 0.925 bits per heavy atom. The van der Waals surface area contributed by atoms with Crippen LogP contribution in [0.3, 0.4) is 0 Å². The molecule has 8 atom stereocenters. The molecular formula is C34H49N3O3. The third kappa shape index (κ3) is 3.56. The van der Waals surface area contributed by atoms with Gasteiger partial charge in [0.25, 0.3) is 5.91 Å². The number of aromatic nitrogens is 2. The minimum atomic E-state index is -0.616. The lowest BCUT2D eigenvalue weighted by Crippen LogP contribution is -2.67. The molecule has 0 radical (unpaired) electrons. The highest BCUT2D eigenvalue weighted by molar-refractivity contribution is 6.03. The standard InChI is InChI=1S/C34H49N3O3/c1-20(2)27-23(38)16-34(37-29(40)21-17-35-19-36-18-21)15-14-32(6)22(28(27)34)8-9-25-31(5)12-11-26(39)30(3,4)24(31)10-13-33(25,32)7/h17-20,22,24-26,39H,8-16H2,1-7H3,(H,37,40)/t22?,24?,25?,26-,31-,32+,33+,34+/m0/s1. The van der Waals surface area contributed by atoms with Crippen molar-refractivity contribution in [2.75, 3.05) is 0 Å². The number of aliphatic hydroxyl groups is 1. The highest BCUT2D eigenvalue weighted by Gasteiger charge is 2.70. The first-order valence-corrected chi connectivity index (χ1v) is 15.7. The van der Waals surface area contributed by atoms with E-state index in [1.54, 1.807) is 12.4 Å². The molecule has 0 saturated heterocycles. The van der Waals surface area contributed by atoms with Gasteiger partial charge in [-0.15, -0.1) is 0 Å². The van der Waals surface area contributed by atoms with E-state index in [0.717, 1.165) is 50.5 Å². The Labute approximate surface area is 240 Å². The van der Waals surface area contributed by atoms with Gasteiger partial charge in [0.15, 0.2) is 5.78 Å². The minimum absolute atomic E-state index is 0.0499. The van der Waals surface area contributed by atoms with Crippen LogP contribution in [-0.2, 0) is 4.79 Å². The number of Topliss-reactive ketones (excluding diaryl/α,β-unsaturated/α-hetero) is 1. The Hall–Kier alpha value is -2.08. The summed E-state index contributed by atoms with van der Waals surface area (Å²) in [4.78, 5) is 35.4. The smallest absolute Gasteiger partial charge is 0.255 e. The molecule has 1 amide bonds. The van der Waals surface area contributed by atoms with E-state index in [1.807, 2.05) is 0 Å². The van der Waals surface area contributed by atoms with Gasteiger partial charge in [0.1, 0.15) is 6.33 Å². The van der Waals surface area contributed by atoms with Crippen molar-refractivity contribution in [1.82, 2.24) is 15.3 Å². The number of hydrogen-bond donors (Lipinski definition) is 2. The van der Waals surface area contributed by atoms with Crippen molar-refractivity contribution in [2.24, 2.45) is 45.3 Å². The average molecular weight is 548 g/mol. The Morgan fingerprint density at radius 3 is 2.30 bits per heavy atom. The van der Waals surface area contributed by atoms with Crippen molar-refractivity contribution in [3.63, 3.8) is 0 Å². The zero-order chi connectivity index (χ0) is 28.9. The van der Waals surface area contributed by atoms with Crippen LogP contribution in [0.5, 0.6) is 0 Å². The van der Waals surface area contributed by atoms with Crippen molar-refractivity contribution in [3.8, 4) is 0 Å². The van der Waals surface area contributed by atoms with Gasteiger partial charge in [0.05, 0.1) is 17.2 Å². The second-order valence-corrected chi connectivity index (χ2v) is 15.7. The Balaban J connectivity index is 1.41. The SMILES string of the molecule is CC(C)C1=C2C3CCC4[C@@]5(C)CC[C@H](O)C(C)(C)C5CC[C@@]4(C)[C@]3(C)CC[C@@]2(NC(=O)c2cncnc2)CC1=O. The van der Waals surface area contributed by atoms with E-state index in [2.05, 4.69) is 63.8 Å². The van der Waals surface area contributed by atoms with Crippen molar-refractivity contribution in [1.29, 1.82) is 0 Å². The van der Waals surface area contributed by atoms with E-state index in [0.29, 0.717) is 23.8 Å². The first-order chi connectivity index (χ1) is 18.7. The molecule has 1 aromatic rings. The fourth-order valence-corrected chi connectivity index (χ4v) is 11.4. The fraction of sp³-hybridized carbons (Fsp3) is 0.765. The summed E-state index contributed by atoms with van der Waals surface area (Å²) in [7, 11) is 0.